The maximum atomic E-state index is 12.1. The minimum absolute atomic E-state index is 0.335. The largest absolute Gasteiger partial charge is 0.462 e. The molecule has 0 amide bonds. The maximum absolute atomic E-state index is 12.1. The molecule has 4 heteroatoms. The lowest BCUT2D eigenvalue weighted by Gasteiger charge is -2.08. The first-order valence-corrected chi connectivity index (χ1v) is 11.8. The molecule has 1 aromatic carbocycles. The molecule has 1 rings (SSSR count). The molecule has 0 aromatic heterocycles. The second-order valence-electron chi connectivity index (χ2n) is 9.04. The van der Waals surface area contributed by atoms with Crippen molar-refractivity contribution in [3.63, 3.8) is 0 Å². The fraction of sp³-hybridized carbons (Fsp3) is 0.692. The average molecular weight is 419 g/mol. The standard InChI is InChI=1S/C26H42O4/c1-21(2)13-9-5-7-11-19-29-25(27)23-15-17-24(18-16-23)26(28)30-20-12-8-6-10-14-22(3)4/h15-18,21-22H,5-14,19-20H2,1-4H3. The normalized spacial score (nSPS) is 11.1. The molecule has 0 aliphatic rings. The molecule has 0 saturated carbocycles. The average Bonchev–Trinajstić information content (AvgIpc) is 2.71. The summed E-state index contributed by atoms with van der Waals surface area (Å²) in [5.41, 5.74) is 0.938. The minimum Gasteiger partial charge on any atom is -0.462 e. The third kappa shape index (κ3) is 12.7. The Morgan fingerprint density at radius 3 is 1.27 bits per heavy atom. The van der Waals surface area contributed by atoms with E-state index in [2.05, 4.69) is 27.7 Å². The molecule has 30 heavy (non-hydrogen) atoms. The highest BCUT2D eigenvalue weighted by molar-refractivity contribution is 5.93. The van der Waals surface area contributed by atoms with Crippen LogP contribution in [0, 0.1) is 11.8 Å². The van der Waals surface area contributed by atoms with Gasteiger partial charge in [-0.2, -0.15) is 0 Å². The number of esters is 2. The summed E-state index contributed by atoms with van der Waals surface area (Å²) in [6, 6.07) is 6.53. The van der Waals surface area contributed by atoms with Gasteiger partial charge in [0, 0.05) is 0 Å². The zero-order valence-electron chi connectivity index (χ0n) is 19.6. The highest BCUT2D eigenvalue weighted by atomic mass is 16.5. The van der Waals surface area contributed by atoms with Gasteiger partial charge in [-0.05, 0) is 48.9 Å². The lowest BCUT2D eigenvalue weighted by Crippen LogP contribution is -2.09. The molecule has 0 aliphatic carbocycles. The first-order valence-electron chi connectivity index (χ1n) is 11.8. The molecule has 4 nitrogen and oxygen atoms in total. The molecule has 1 aromatic rings. The van der Waals surface area contributed by atoms with Crippen molar-refractivity contribution < 1.29 is 19.1 Å². The molecule has 0 bridgehead atoms. The summed E-state index contributed by atoms with van der Waals surface area (Å²) in [5.74, 6) is 0.835. The van der Waals surface area contributed by atoms with Crippen LogP contribution in [0.5, 0.6) is 0 Å². The van der Waals surface area contributed by atoms with Crippen LogP contribution in [0.25, 0.3) is 0 Å². The van der Waals surface area contributed by atoms with E-state index in [1.165, 1.54) is 38.5 Å². The van der Waals surface area contributed by atoms with Crippen LogP contribution in [-0.4, -0.2) is 25.2 Å². The van der Waals surface area contributed by atoms with Gasteiger partial charge in [0.1, 0.15) is 0 Å². The van der Waals surface area contributed by atoms with Gasteiger partial charge in [0.15, 0.2) is 0 Å². The van der Waals surface area contributed by atoms with Gasteiger partial charge in [0.25, 0.3) is 0 Å². The third-order valence-corrected chi connectivity index (χ3v) is 5.17. The summed E-state index contributed by atoms with van der Waals surface area (Å²) < 4.78 is 10.7. The molecule has 170 valence electrons. The van der Waals surface area contributed by atoms with Gasteiger partial charge < -0.3 is 9.47 Å². The number of carbonyl (C=O) groups is 2. The van der Waals surface area contributed by atoms with E-state index in [0.29, 0.717) is 24.3 Å². The molecule has 0 radical (unpaired) electrons. The first-order chi connectivity index (χ1) is 14.4. The Bertz CT molecular complexity index is 537. The molecule has 0 heterocycles. The van der Waals surface area contributed by atoms with Crippen molar-refractivity contribution in [3.05, 3.63) is 35.4 Å². The minimum atomic E-state index is -0.335. The Balaban J connectivity index is 2.18. The van der Waals surface area contributed by atoms with E-state index in [9.17, 15) is 9.59 Å². The Labute approximate surface area is 183 Å². The van der Waals surface area contributed by atoms with Crippen LogP contribution in [0.3, 0.4) is 0 Å². The van der Waals surface area contributed by atoms with E-state index in [4.69, 9.17) is 9.47 Å². The number of hydrogen-bond acceptors (Lipinski definition) is 4. The van der Waals surface area contributed by atoms with Gasteiger partial charge in [-0.15, -0.1) is 0 Å². The SMILES string of the molecule is CC(C)CCCCCCOC(=O)c1ccc(C(=O)OCCCCCCC(C)C)cc1. The van der Waals surface area contributed by atoms with Gasteiger partial charge in [0.2, 0.25) is 0 Å². The summed E-state index contributed by atoms with van der Waals surface area (Å²) >= 11 is 0. The fourth-order valence-corrected chi connectivity index (χ4v) is 3.26. The van der Waals surface area contributed by atoms with E-state index in [1.807, 2.05) is 0 Å². The Kier molecular flexibility index (Phi) is 13.9. The van der Waals surface area contributed by atoms with Crippen LogP contribution in [0.1, 0.15) is 113 Å². The van der Waals surface area contributed by atoms with Crippen molar-refractivity contribution in [1.82, 2.24) is 0 Å². The van der Waals surface area contributed by atoms with Gasteiger partial charge in [0.05, 0.1) is 24.3 Å². The highest BCUT2D eigenvalue weighted by Gasteiger charge is 2.11. The quantitative estimate of drug-likeness (QED) is 0.210. The zero-order valence-corrected chi connectivity index (χ0v) is 19.6. The van der Waals surface area contributed by atoms with Gasteiger partial charge in [-0.3, -0.25) is 0 Å². The van der Waals surface area contributed by atoms with Crippen LogP contribution in [0.15, 0.2) is 24.3 Å². The summed E-state index contributed by atoms with van der Waals surface area (Å²) in [5, 5.41) is 0. The van der Waals surface area contributed by atoms with Crippen LogP contribution < -0.4 is 0 Å². The second kappa shape index (κ2) is 15.9. The summed E-state index contributed by atoms with van der Waals surface area (Å²) in [4.78, 5) is 24.2. The van der Waals surface area contributed by atoms with E-state index >= 15 is 0 Å². The number of rotatable bonds is 16. The Morgan fingerprint density at radius 1 is 0.600 bits per heavy atom. The van der Waals surface area contributed by atoms with E-state index in [-0.39, 0.29) is 11.9 Å². The molecule has 0 unspecified atom stereocenters. The van der Waals surface area contributed by atoms with Crippen molar-refractivity contribution in [2.45, 2.75) is 91.9 Å². The predicted molar refractivity (Wildman–Crippen MR) is 123 cm³/mol. The van der Waals surface area contributed by atoms with Crippen LogP contribution >= 0.6 is 0 Å². The Morgan fingerprint density at radius 2 is 0.933 bits per heavy atom. The summed E-state index contributed by atoms with van der Waals surface area (Å²) in [6.45, 7) is 9.85. The molecule has 0 aliphatic heterocycles. The second-order valence-corrected chi connectivity index (χ2v) is 9.04. The van der Waals surface area contributed by atoms with E-state index < -0.39 is 0 Å². The number of benzene rings is 1. The lowest BCUT2D eigenvalue weighted by molar-refractivity contribution is 0.0483. The van der Waals surface area contributed by atoms with Gasteiger partial charge in [-0.25, -0.2) is 9.59 Å². The number of unbranched alkanes of at least 4 members (excludes halogenated alkanes) is 6. The van der Waals surface area contributed by atoms with Crippen molar-refractivity contribution in [2.75, 3.05) is 13.2 Å². The molecular weight excluding hydrogens is 376 g/mol. The van der Waals surface area contributed by atoms with Crippen molar-refractivity contribution in [2.24, 2.45) is 11.8 Å². The first kappa shape index (κ1) is 26.2. The molecular formula is C26H42O4. The third-order valence-electron chi connectivity index (χ3n) is 5.17. The van der Waals surface area contributed by atoms with Gasteiger partial charge >= 0.3 is 11.9 Å². The summed E-state index contributed by atoms with van der Waals surface area (Å²) in [6.07, 6.45) is 11.3. The monoisotopic (exact) mass is 418 g/mol. The Hall–Kier alpha value is -1.84. The van der Waals surface area contributed by atoms with Crippen LogP contribution in [0.2, 0.25) is 0 Å². The zero-order chi connectivity index (χ0) is 22.2. The van der Waals surface area contributed by atoms with Crippen molar-refractivity contribution >= 4 is 11.9 Å². The topological polar surface area (TPSA) is 52.6 Å². The van der Waals surface area contributed by atoms with E-state index in [1.54, 1.807) is 24.3 Å². The van der Waals surface area contributed by atoms with Crippen molar-refractivity contribution in [1.29, 1.82) is 0 Å². The smallest absolute Gasteiger partial charge is 0.338 e. The predicted octanol–water partition coefficient (Wildman–Crippen LogP) is 7.21. The molecule has 0 fully saturated rings. The summed E-state index contributed by atoms with van der Waals surface area (Å²) in [7, 11) is 0. The lowest BCUT2D eigenvalue weighted by atomic mass is 10.0. The van der Waals surface area contributed by atoms with Crippen molar-refractivity contribution in [3.8, 4) is 0 Å². The van der Waals surface area contributed by atoms with Gasteiger partial charge in [-0.1, -0.05) is 79.1 Å². The molecule has 0 saturated heterocycles. The molecule has 0 atom stereocenters. The number of ether oxygens (including phenoxy) is 2. The fourth-order valence-electron chi connectivity index (χ4n) is 3.26. The maximum Gasteiger partial charge on any atom is 0.338 e. The highest BCUT2D eigenvalue weighted by Crippen LogP contribution is 2.12. The molecule has 0 N–H and O–H groups in total. The number of hydrogen-bond donors (Lipinski definition) is 0. The van der Waals surface area contributed by atoms with Crippen LogP contribution in [0.4, 0.5) is 0 Å². The molecule has 0 spiro atoms. The number of carbonyl (C=O) groups excluding carboxylic acids is 2. The van der Waals surface area contributed by atoms with Crippen LogP contribution in [-0.2, 0) is 9.47 Å². The van der Waals surface area contributed by atoms with E-state index in [0.717, 1.165) is 37.5 Å².